The number of piperidine rings is 1. The van der Waals surface area contributed by atoms with Crippen molar-refractivity contribution in [1.82, 2.24) is 20.7 Å². The fourth-order valence-electron chi connectivity index (χ4n) is 4.61. The van der Waals surface area contributed by atoms with Gasteiger partial charge in [0.25, 0.3) is 0 Å². The Morgan fingerprint density at radius 1 is 1.18 bits per heavy atom. The Bertz CT molecular complexity index is 1060. The maximum absolute atomic E-state index is 14.9. The van der Waals surface area contributed by atoms with Gasteiger partial charge in [0.1, 0.15) is 12.0 Å². The average Bonchev–Trinajstić information content (AvgIpc) is 3.19. The first kappa shape index (κ1) is 23.9. The molecule has 9 heteroatoms. The summed E-state index contributed by atoms with van der Waals surface area (Å²) in [5.41, 5.74) is 7.62. The number of anilines is 1. The lowest BCUT2D eigenvalue weighted by Gasteiger charge is -2.38. The van der Waals surface area contributed by atoms with E-state index in [1.807, 2.05) is 13.0 Å². The molecule has 0 spiro atoms. The Morgan fingerprint density at radius 3 is 2.67 bits per heavy atom. The van der Waals surface area contributed by atoms with Gasteiger partial charge in [0.15, 0.2) is 17.5 Å². The fraction of sp³-hybridized carbons (Fsp3) is 0.458. The van der Waals surface area contributed by atoms with Crippen LogP contribution >= 0.6 is 11.6 Å². The number of hydrogen-bond acceptors (Lipinski definition) is 5. The molecule has 0 bridgehead atoms. The summed E-state index contributed by atoms with van der Waals surface area (Å²) < 4.78 is 43.9. The van der Waals surface area contributed by atoms with E-state index in [4.69, 9.17) is 11.6 Å². The molecule has 1 aromatic carbocycles. The van der Waals surface area contributed by atoms with Crippen molar-refractivity contribution in [2.45, 2.75) is 58.8 Å². The topological polar surface area (TPSA) is 52.2 Å². The molecule has 5 nitrogen and oxygen atoms in total. The molecule has 2 aliphatic heterocycles. The van der Waals surface area contributed by atoms with Gasteiger partial charge in [-0.05, 0) is 64.6 Å². The zero-order valence-corrected chi connectivity index (χ0v) is 19.7. The van der Waals surface area contributed by atoms with Gasteiger partial charge in [-0.25, -0.2) is 23.6 Å². The van der Waals surface area contributed by atoms with Gasteiger partial charge >= 0.3 is 0 Å². The highest BCUT2D eigenvalue weighted by molar-refractivity contribution is 6.30. The van der Waals surface area contributed by atoms with Crippen LogP contribution in [0.5, 0.6) is 0 Å². The monoisotopic (exact) mass is 479 g/mol. The summed E-state index contributed by atoms with van der Waals surface area (Å²) >= 11 is 5.91. The van der Waals surface area contributed by atoms with Crippen molar-refractivity contribution >= 4 is 17.4 Å². The Balaban J connectivity index is 1.43. The fourth-order valence-corrected chi connectivity index (χ4v) is 4.80. The van der Waals surface area contributed by atoms with Crippen LogP contribution in [-0.2, 0) is 13.0 Å². The smallest absolute Gasteiger partial charge is 0.171 e. The van der Waals surface area contributed by atoms with E-state index >= 15 is 0 Å². The van der Waals surface area contributed by atoms with E-state index in [0.29, 0.717) is 18.5 Å². The van der Waals surface area contributed by atoms with Gasteiger partial charge in [-0.1, -0.05) is 23.7 Å². The minimum absolute atomic E-state index is 0.0314. The normalized spacial score (nSPS) is 23.4. The van der Waals surface area contributed by atoms with E-state index in [1.54, 1.807) is 18.2 Å². The number of nitrogens with zero attached hydrogens (tertiary/aromatic N) is 2. The second-order valence-corrected chi connectivity index (χ2v) is 9.44. The number of likely N-dealkylation sites (tertiary alicyclic amines) is 1. The molecule has 33 heavy (non-hydrogen) atoms. The van der Waals surface area contributed by atoms with Crippen LogP contribution in [0.4, 0.5) is 19.0 Å². The molecule has 3 N–H and O–H groups in total. The number of hydrazine groups is 1. The molecule has 1 fully saturated rings. The minimum atomic E-state index is -0.678. The highest BCUT2D eigenvalue weighted by Gasteiger charge is 2.29. The molecule has 2 aromatic rings. The van der Waals surface area contributed by atoms with Crippen molar-refractivity contribution < 1.29 is 13.2 Å². The molecule has 0 aliphatic carbocycles. The predicted molar refractivity (Wildman–Crippen MR) is 124 cm³/mol. The standard InChI is InChI=1S/C24H29ClF3N5/c1-13-9-20(32-31-13)30-24-22(27)15(3)21(26)19(29-24)11-16-7-8-33(14(2)10-16)12-17-5-4-6-18(25)23(17)28/h4-6,9,14,16,20,31-32H,7-8,10-12H2,1-3H3,(H,29,30)/t14-,16?,20?/m1/s1. The maximum atomic E-state index is 14.9. The first-order chi connectivity index (χ1) is 15.7. The van der Waals surface area contributed by atoms with E-state index < -0.39 is 11.6 Å². The van der Waals surface area contributed by atoms with E-state index in [0.717, 1.165) is 25.1 Å². The van der Waals surface area contributed by atoms with E-state index in [2.05, 4.69) is 33.0 Å². The molecule has 3 atom stereocenters. The van der Waals surface area contributed by atoms with Gasteiger partial charge in [0.05, 0.1) is 10.7 Å². The first-order valence-corrected chi connectivity index (χ1v) is 11.6. The van der Waals surface area contributed by atoms with E-state index in [-0.39, 0.29) is 46.0 Å². The second-order valence-electron chi connectivity index (χ2n) is 9.03. The summed E-state index contributed by atoms with van der Waals surface area (Å²) in [6, 6.07) is 5.23. The highest BCUT2D eigenvalue weighted by Crippen LogP contribution is 2.30. The van der Waals surface area contributed by atoms with Crippen molar-refractivity contribution in [3.8, 4) is 0 Å². The van der Waals surface area contributed by atoms with Gasteiger partial charge < -0.3 is 10.7 Å². The molecule has 1 aromatic heterocycles. The number of rotatable bonds is 6. The van der Waals surface area contributed by atoms with Gasteiger partial charge in [0, 0.05) is 29.4 Å². The lowest BCUT2D eigenvalue weighted by molar-refractivity contribution is 0.113. The molecule has 2 aliphatic rings. The van der Waals surface area contributed by atoms with Crippen LogP contribution in [0.25, 0.3) is 0 Å². The largest absolute Gasteiger partial charge is 0.347 e. The van der Waals surface area contributed by atoms with Crippen LogP contribution in [0.3, 0.4) is 0 Å². The number of pyridine rings is 1. The predicted octanol–water partition coefficient (Wildman–Crippen LogP) is 5.05. The van der Waals surface area contributed by atoms with Gasteiger partial charge in [-0.2, -0.15) is 0 Å². The number of benzene rings is 1. The third-order valence-corrected chi connectivity index (χ3v) is 6.80. The van der Waals surface area contributed by atoms with Crippen molar-refractivity contribution in [2.75, 3.05) is 11.9 Å². The first-order valence-electron chi connectivity index (χ1n) is 11.2. The summed E-state index contributed by atoms with van der Waals surface area (Å²) in [5, 5.41) is 3.11. The van der Waals surface area contributed by atoms with E-state index in [1.165, 1.54) is 6.92 Å². The number of nitrogens with one attached hydrogen (secondary N) is 3. The Morgan fingerprint density at radius 2 is 1.97 bits per heavy atom. The summed E-state index contributed by atoms with van der Waals surface area (Å²) in [5.74, 6) is -1.40. The van der Waals surface area contributed by atoms with Crippen LogP contribution in [-0.4, -0.2) is 28.6 Å². The van der Waals surface area contributed by atoms with Gasteiger partial charge in [-0.15, -0.1) is 0 Å². The average molecular weight is 480 g/mol. The van der Waals surface area contributed by atoms with Crippen molar-refractivity contribution in [2.24, 2.45) is 5.92 Å². The lowest BCUT2D eigenvalue weighted by Crippen LogP contribution is -2.41. The van der Waals surface area contributed by atoms with Crippen LogP contribution in [0.15, 0.2) is 30.0 Å². The molecule has 0 radical (unpaired) electrons. The van der Waals surface area contributed by atoms with Crippen molar-refractivity contribution in [3.63, 3.8) is 0 Å². The molecule has 0 saturated carbocycles. The third-order valence-electron chi connectivity index (χ3n) is 6.51. The maximum Gasteiger partial charge on any atom is 0.171 e. The quantitative estimate of drug-likeness (QED) is 0.541. The zero-order valence-electron chi connectivity index (χ0n) is 19.0. The van der Waals surface area contributed by atoms with Crippen LogP contribution in [0.1, 0.15) is 43.5 Å². The van der Waals surface area contributed by atoms with Crippen LogP contribution < -0.4 is 16.2 Å². The van der Waals surface area contributed by atoms with Gasteiger partial charge in [-0.3, -0.25) is 4.90 Å². The molecular formula is C24H29ClF3N5. The Kier molecular flexibility index (Phi) is 7.16. The summed E-state index contributed by atoms with van der Waals surface area (Å²) in [6.45, 7) is 6.65. The van der Waals surface area contributed by atoms with Crippen LogP contribution in [0, 0.1) is 30.3 Å². The number of halogens is 4. The summed E-state index contributed by atoms with van der Waals surface area (Å²) in [4.78, 5) is 6.53. The highest BCUT2D eigenvalue weighted by atomic mass is 35.5. The number of aromatic nitrogens is 1. The summed E-state index contributed by atoms with van der Waals surface area (Å²) in [7, 11) is 0. The lowest BCUT2D eigenvalue weighted by atomic mass is 9.87. The Hall–Kier alpha value is -2.29. The molecule has 2 unspecified atom stereocenters. The number of allylic oxidation sites excluding steroid dienone is 1. The molecule has 4 rings (SSSR count). The zero-order chi connectivity index (χ0) is 23.7. The molecule has 1 saturated heterocycles. The minimum Gasteiger partial charge on any atom is -0.347 e. The second kappa shape index (κ2) is 9.91. The summed E-state index contributed by atoms with van der Waals surface area (Å²) in [6.07, 6.45) is 3.59. The SMILES string of the molecule is CC1=CC(Nc2nc(CC3CCN(Cc4cccc(Cl)c4F)[C@H](C)C3)c(F)c(C)c2F)NN1. The molecular weight excluding hydrogens is 451 g/mol. The molecule has 0 amide bonds. The third kappa shape index (κ3) is 5.28. The van der Waals surface area contributed by atoms with Crippen molar-refractivity contribution in [3.05, 3.63) is 69.3 Å². The van der Waals surface area contributed by atoms with Gasteiger partial charge in [0.2, 0.25) is 0 Å². The number of hydrogen-bond donors (Lipinski definition) is 3. The van der Waals surface area contributed by atoms with E-state index in [9.17, 15) is 13.2 Å². The van der Waals surface area contributed by atoms with Crippen molar-refractivity contribution in [1.29, 1.82) is 0 Å². The molecule has 178 valence electrons. The Labute approximate surface area is 197 Å². The van der Waals surface area contributed by atoms with Crippen LogP contribution in [0.2, 0.25) is 5.02 Å². The molecule has 3 heterocycles.